The Labute approximate surface area is 339 Å². The number of anilines is 1. The van der Waals surface area contributed by atoms with Crippen molar-refractivity contribution >= 4 is 46.3 Å². The number of rotatable bonds is 14. The highest BCUT2D eigenvalue weighted by atomic mass is 16.5. The molecule has 3 heterocycles. The van der Waals surface area contributed by atoms with Gasteiger partial charge in [0.2, 0.25) is 11.8 Å². The van der Waals surface area contributed by atoms with E-state index in [1.807, 2.05) is 79.0 Å². The van der Waals surface area contributed by atoms with Gasteiger partial charge < -0.3 is 20.0 Å². The molecule has 1 atom stereocenters. The number of piperidine rings is 1. The molecule has 0 saturated carbocycles. The minimum absolute atomic E-state index is 0.0631. The van der Waals surface area contributed by atoms with Gasteiger partial charge in [-0.05, 0) is 115 Å². The molecule has 4 N–H and O–H groups in total. The highest BCUT2D eigenvalue weighted by Crippen LogP contribution is 2.33. The first-order valence-electron chi connectivity index (χ1n) is 19.4. The lowest BCUT2D eigenvalue weighted by Gasteiger charge is -2.27. The number of aromatic nitrogens is 1. The van der Waals surface area contributed by atoms with Crippen molar-refractivity contribution in [3.8, 4) is 22.6 Å². The Bertz CT molecular complexity index is 2530. The van der Waals surface area contributed by atoms with Crippen LogP contribution in [0.4, 0.5) is 5.69 Å². The van der Waals surface area contributed by atoms with E-state index in [1.54, 1.807) is 30.6 Å². The van der Waals surface area contributed by atoms with Crippen LogP contribution in [0.3, 0.4) is 0 Å². The number of hydrogen-bond acceptors (Lipinski definition) is 11. The summed E-state index contributed by atoms with van der Waals surface area (Å²) in [5, 5.41) is 27.4. The molecule has 1 aromatic heterocycles. The van der Waals surface area contributed by atoms with Crippen molar-refractivity contribution in [2.24, 2.45) is 5.16 Å². The van der Waals surface area contributed by atoms with E-state index < -0.39 is 29.7 Å². The maximum atomic E-state index is 13.3. The molecule has 2 aliphatic heterocycles. The highest BCUT2D eigenvalue weighted by Gasteiger charge is 2.44. The smallest absolute Gasteiger partial charge is 0.262 e. The van der Waals surface area contributed by atoms with Crippen LogP contribution in [-0.4, -0.2) is 69.4 Å². The molecule has 296 valence electrons. The number of oxime groups is 1. The summed E-state index contributed by atoms with van der Waals surface area (Å²) in [6.07, 6.45) is 8.31. The maximum absolute atomic E-state index is 13.3. The van der Waals surface area contributed by atoms with Gasteiger partial charge in [0.25, 0.3) is 11.8 Å². The number of nitrogens with zero attached hydrogens (tertiary/aromatic N) is 3. The van der Waals surface area contributed by atoms with Gasteiger partial charge in [-0.1, -0.05) is 41.6 Å². The summed E-state index contributed by atoms with van der Waals surface area (Å²) in [4.78, 5) is 55.5. The number of nitrogens with one attached hydrogen (secondary N) is 3. The largest absolute Gasteiger partial charge is 0.494 e. The van der Waals surface area contributed by atoms with Gasteiger partial charge in [-0.15, -0.1) is 0 Å². The standard InChI is InChI=1S/C46H40N6O7/c47-43(28-18-20-48-21-19-28)39(32-7-13-36-31(24-32)8-15-40(36)51-57)27-49-33-9-11-34(12-10-33)58-22-1-2-23-59-35-5-3-4-29(25-35)30-6-14-37-38(26-30)46(56)52(45(37)55)41-16-17-42(53)50-44(41)54/h3-7,9-14,18-21,24-27,41,47,49,57H,1-2,8,15-17,22-23H2,(H,50,53,54)/b39-27-,47-43?,51-40+. The van der Waals surface area contributed by atoms with Crippen molar-refractivity contribution < 1.29 is 33.9 Å². The molecular formula is C46H40N6O7. The Morgan fingerprint density at radius 2 is 1.53 bits per heavy atom. The Morgan fingerprint density at radius 1 is 0.797 bits per heavy atom. The summed E-state index contributed by atoms with van der Waals surface area (Å²) < 4.78 is 12.0. The minimum atomic E-state index is -1.01. The van der Waals surface area contributed by atoms with Crippen molar-refractivity contribution in [3.05, 3.63) is 149 Å². The van der Waals surface area contributed by atoms with Crippen LogP contribution >= 0.6 is 0 Å². The number of imide groups is 2. The molecule has 1 unspecified atom stereocenters. The second-order valence-corrected chi connectivity index (χ2v) is 14.4. The first-order valence-corrected chi connectivity index (χ1v) is 19.4. The zero-order valence-corrected chi connectivity index (χ0v) is 31.9. The molecule has 8 rings (SSSR count). The number of ether oxygens (including phenoxy) is 2. The molecule has 4 amide bonds. The van der Waals surface area contributed by atoms with Crippen LogP contribution in [0.1, 0.15) is 75.1 Å². The molecule has 59 heavy (non-hydrogen) atoms. The molecule has 0 bridgehead atoms. The number of aryl methyl sites for hydroxylation is 1. The van der Waals surface area contributed by atoms with Crippen molar-refractivity contribution in [2.75, 3.05) is 18.5 Å². The number of fused-ring (bicyclic) bond motifs is 2. The van der Waals surface area contributed by atoms with Crippen LogP contribution in [0, 0.1) is 5.41 Å². The van der Waals surface area contributed by atoms with Crippen LogP contribution in [0.25, 0.3) is 16.7 Å². The van der Waals surface area contributed by atoms with Crippen LogP contribution in [-0.2, 0) is 16.0 Å². The van der Waals surface area contributed by atoms with Crippen molar-refractivity contribution in [2.45, 2.75) is 44.6 Å². The van der Waals surface area contributed by atoms with Crippen LogP contribution in [0.2, 0.25) is 0 Å². The number of hydrogen-bond donors (Lipinski definition) is 4. The predicted octanol–water partition coefficient (Wildman–Crippen LogP) is 7.03. The van der Waals surface area contributed by atoms with Crippen LogP contribution in [0.15, 0.2) is 121 Å². The van der Waals surface area contributed by atoms with Crippen LogP contribution < -0.4 is 20.1 Å². The fourth-order valence-electron chi connectivity index (χ4n) is 7.52. The third-order valence-electron chi connectivity index (χ3n) is 10.6. The number of benzene rings is 4. The number of carbonyl (C=O) groups excluding carboxylic acids is 4. The average Bonchev–Trinajstić information content (AvgIpc) is 3.79. The average molecular weight is 789 g/mol. The van der Waals surface area contributed by atoms with Gasteiger partial charge in [0.1, 0.15) is 17.5 Å². The third kappa shape index (κ3) is 8.21. The van der Waals surface area contributed by atoms with E-state index in [1.165, 1.54) is 0 Å². The topological polar surface area (TPSA) is 183 Å². The van der Waals surface area contributed by atoms with Crippen molar-refractivity contribution in [1.82, 2.24) is 15.2 Å². The SMILES string of the molecule is N=C(/C(=C\Nc1ccc(OCCCCOc2cccc(-c3ccc4c(c3)C(=O)N(C3CCC(=O)NC3=O)C4=O)c2)cc1)c1ccc2c(c1)CC/C2=N\O)c1ccncc1. The van der Waals surface area contributed by atoms with Gasteiger partial charge >= 0.3 is 0 Å². The van der Waals surface area contributed by atoms with E-state index in [0.717, 1.165) is 69.0 Å². The second-order valence-electron chi connectivity index (χ2n) is 14.4. The summed E-state index contributed by atoms with van der Waals surface area (Å²) in [6.45, 7) is 0.972. The second kappa shape index (κ2) is 17.0. The molecule has 13 heteroatoms. The Kier molecular flexibility index (Phi) is 11.1. The van der Waals surface area contributed by atoms with E-state index in [0.29, 0.717) is 42.4 Å². The van der Waals surface area contributed by atoms with Crippen LogP contribution in [0.5, 0.6) is 11.5 Å². The summed E-state index contributed by atoms with van der Waals surface area (Å²) in [5.41, 5.74) is 8.19. The Balaban J connectivity index is 0.827. The molecule has 5 aromatic rings. The number of carbonyl (C=O) groups is 4. The molecule has 1 aliphatic carbocycles. The van der Waals surface area contributed by atoms with Gasteiger partial charge in [0, 0.05) is 47.4 Å². The summed E-state index contributed by atoms with van der Waals surface area (Å²) in [5.74, 6) is -0.756. The van der Waals surface area contributed by atoms with E-state index in [-0.39, 0.29) is 24.0 Å². The van der Waals surface area contributed by atoms with E-state index >= 15 is 0 Å². The normalized spacial score (nSPS) is 16.8. The predicted molar refractivity (Wildman–Crippen MR) is 221 cm³/mol. The van der Waals surface area contributed by atoms with E-state index in [4.69, 9.17) is 14.9 Å². The summed E-state index contributed by atoms with van der Waals surface area (Å²) >= 11 is 0. The monoisotopic (exact) mass is 788 g/mol. The molecule has 1 fully saturated rings. The maximum Gasteiger partial charge on any atom is 0.262 e. The van der Waals surface area contributed by atoms with Gasteiger partial charge in [0.15, 0.2) is 0 Å². The van der Waals surface area contributed by atoms with Gasteiger partial charge in [-0.3, -0.25) is 39.8 Å². The number of allylic oxidation sites excluding steroid dienone is 1. The molecule has 4 aromatic carbocycles. The van der Waals surface area contributed by atoms with Crippen molar-refractivity contribution in [3.63, 3.8) is 0 Å². The first kappa shape index (κ1) is 38.5. The fraction of sp³-hybridized carbons (Fsp3) is 0.196. The molecule has 1 saturated heterocycles. The highest BCUT2D eigenvalue weighted by molar-refractivity contribution is 6.30. The third-order valence-corrected chi connectivity index (χ3v) is 10.6. The van der Waals surface area contributed by atoms with Gasteiger partial charge in [0.05, 0.1) is 35.8 Å². The molecule has 3 aliphatic rings. The fourth-order valence-corrected chi connectivity index (χ4v) is 7.52. The number of unbranched alkanes of at least 4 members (excludes halogenated alkanes) is 1. The van der Waals surface area contributed by atoms with Crippen molar-refractivity contribution in [1.29, 1.82) is 5.41 Å². The summed E-state index contributed by atoms with van der Waals surface area (Å²) in [7, 11) is 0. The first-order chi connectivity index (χ1) is 28.8. The minimum Gasteiger partial charge on any atom is -0.494 e. The Morgan fingerprint density at radius 3 is 2.29 bits per heavy atom. The lowest BCUT2D eigenvalue weighted by Crippen LogP contribution is -2.54. The number of pyridine rings is 1. The zero-order chi connectivity index (χ0) is 40.9. The molecule has 0 spiro atoms. The lowest BCUT2D eigenvalue weighted by molar-refractivity contribution is -0.136. The summed E-state index contributed by atoms with van der Waals surface area (Å²) in [6, 6.07) is 28.7. The lowest BCUT2D eigenvalue weighted by atomic mass is 9.94. The zero-order valence-electron chi connectivity index (χ0n) is 31.9. The number of amides is 4. The molecule has 0 radical (unpaired) electrons. The molecule has 13 nitrogen and oxygen atoms in total. The van der Waals surface area contributed by atoms with E-state index in [9.17, 15) is 24.4 Å². The quantitative estimate of drug-likeness (QED) is 0.0302. The van der Waals surface area contributed by atoms with E-state index in [2.05, 4.69) is 26.8 Å². The Hall–Kier alpha value is -7.41. The molecular weight excluding hydrogens is 749 g/mol. The van der Waals surface area contributed by atoms with Gasteiger partial charge in [-0.25, -0.2) is 0 Å². The van der Waals surface area contributed by atoms with Gasteiger partial charge in [-0.2, -0.15) is 0 Å².